The van der Waals surface area contributed by atoms with Crippen LogP contribution in [0.25, 0.3) is 0 Å². The molecule has 7 heteroatoms. The number of aromatic nitrogens is 2. The molecule has 0 fully saturated rings. The number of carbonyl (C=O) groups excluding carboxylic acids is 1. The third-order valence-corrected chi connectivity index (χ3v) is 3.09. The SMILES string of the molecule is CCCCOC(=O)NC1CCn2c1cc(=O)[nH]c2=O. The second-order valence-electron chi connectivity index (χ2n) is 4.49. The second kappa shape index (κ2) is 5.73. The third kappa shape index (κ3) is 3.04. The lowest BCUT2D eigenvalue weighted by molar-refractivity contribution is 0.140. The van der Waals surface area contributed by atoms with Crippen molar-refractivity contribution in [2.45, 2.75) is 38.8 Å². The van der Waals surface area contributed by atoms with Crippen molar-refractivity contribution in [2.24, 2.45) is 0 Å². The lowest BCUT2D eigenvalue weighted by Gasteiger charge is -2.13. The Morgan fingerprint density at radius 1 is 1.58 bits per heavy atom. The topological polar surface area (TPSA) is 93.2 Å². The first-order chi connectivity index (χ1) is 9.11. The van der Waals surface area contributed by atoms with Crippen molar-refractivity contribution < 1.29 is 9.53 Å². The molecule has 1 unspecified atom stereocenters. The van der Waals surface area contributed by atoms with Gasteiger partial charge >= 0.3 is 11.8 Å². The molecule has 1 aliphatic rings. The molecule has 7 nitrogen and oxygen atoms in total. The highest BCUT2D eigenvalue weighted by molar-refractivity contribution is 5.67. The Balaban J connectivity index is 2.04. The highest BCUT2D eigenvalue weighted by Gasteiger charge is 2.25. The summed E-state index contributed by atoms with van der Waals surface area (Å²) >= 11 is 0. The summed E-state index contributed by atoms with van der Waals surface area (Å²) in [6, 6.07) is 0.995. The van der Waals surface area contributed by atoms with Crippen LogP contribution in [0, 0.1) is 0 Å². The maximum absolute atomic E-state index is 11.5. The zero-order valence-corrected chi connectivity index (χ0v) is 10.8. The first-order valence-electron chi connectivity index (χ1n) is 6.39. The maximum atomic E-state index is 11.5. The lowest BCUT2D eigenvalue weighted by Crippen LogP contribution is -2.32. The van der Waals surface area contributed by atoms with Crippen molar-refractivity contribution in [3.8, 4) is 0 Å². The Labute approximate surface area is 109 Å². The van der Waals surface area contributed by atoms with Gasteiger partial charge in [-0.1, -0.05) is 13.3 Å². The molecule has 0 radical (unpaired) electrons. The van der Waals surface area contributed by atoms with Gasteiger partial charge in [0.15, 0.2) is 0 Å². The van der Waals surface area contributed by atoms with Crippen molar-refractivity contribution in [1.29, 1.82) is 0 Å². The van der Waals surface area contributed by atoms with Crippen LogP contribution in [0.1, 0.15) is 37.9 Å². The van der Waals surface area contributed by atoms with Gasteiger partial charge in [0.2, 0.25) is 0 Å². The van der Waals surface area contributed by atoms with Crippen LogP contribution in [-0.4, -0.2) is 22.3 Å². The summed E-state index contributed by atoms with van der Waals surface area (Å²) < 4.78 is 6.45. The van der Waals surface area contributed by atoms with Crippen LogP contribution in [-0.2, 0) is 11.3 Å². The molecule has 19 heavy (non-hydrogen) atoms. The van der Waals surface area contributed by atoms with E-state index in [2.05, 4.69) is 10.3 Å². The smallest absolute Gasteiger partial charge is 0.407 e. The number of unbranched alkanes of at least 4 members (excludes halogenated alkanes) is 1. The van der Waals surface area contributed by atoms with Crippen LogP contribution in [0.5, 0.6) is 0 Å². The van der Waals surface area contributed by atoms with Gasteiger partial charge in [-0.25, -0.2) is 9.59 Å². The molecular formula is C12H17N3O4. The number of nitrogens with zero attached hydrogens (tertiary/aromatic N) is 1. The first kappa shape index (κ1) is 13.4. The molecule has 0 saturated heterocycles. The molecule has 0 bridgehead atoms. The molecule has 2 N–H and O–H groups in total. The predicted molar refractivity (Wildman–Crippen MR) is 68.1 cm³/mol. The Kier molecular flexibility index (Phi) is 4.03. The standard InChI is InChI=1S/C12H17N3O4/c1-2-3-6-19-12(18)13-8-4-5-15-9(8)7-10(16)14-11(15)17/h7-8H,2-6H2,1H3,(H,13,18)(H,14,16,17). The summed E-state index contributed by atoms with van der Waals surface area (Å²) in [6.45, 7) is 2.86. The molecule has 104 valence electrons. The lowest BCUT2D eigenvalue weighted by atomic mass is 10.2. The number of amides is 1. The third-order valence-electron chi connectivity index (χ3n) is 3.09. The molecular weight excluding hydrogens is 250 g/mol. The summed E-state index contributed by atoms with van der Waals surface area (Å²) in [5.74, 6) is 0. The molecule has 1 atom stereocenters. The number of rotatable bonds is 4. The van der Waals surface area contributed by atoms with E-state index in [1.165, 1.54) is 10.6 Å². The molecule has 1 aromatic heterocycles. The van der Waals surface area contributed by atoms with Gasteiger partial charge < -0.3 is 10.1 Å². The molecule has 1 aromatic rings. The van der Waals surface area contributed by atoms with E-state index in [1.807, 2.05) is 6.92 Å². The monoisotopic (exact) mass is 267 g/mol. The van der Waals surface area contributed by atoms with Crippen LogP contribution in [0.15, 0.2) is 15.7 Å². The number of fused-ring (bicyclic) bond motifs is 1. The van der Waals surface area contributed by atoms with E-state index in [1.54, 1.807) is 0 Å². The van der Waals surface area contributed by atoms with E-state index in [0.29, 0.717) is 25.3 Å². The molecule has 0 aliphatic carbocycles. The maximum Gasteiger partial charge on any atom is 0.407 e. The highest BCUT2D eigenvalue weighted by atomic mass is 16.5. The fourth-order valence-corrected chi connectivity index (χ4v) is 2.10. The number of aromatic amines is 1. The zero-order chi connectivity index (χ0) is 13.8. The first-order valence-corrected chi connectivity index (χ1v) is 6.39. The summed E-state index contributed by atoms with van der Waals surface area (Å²) in [5.41, 5.74) is -0.364. The minimum Gasteiger partial charge on any atom is -0.450 e. The zero-order valence-electron chi connectivity index (χ0n) is 10.8. The quantitative estimate of drug-likeness (QED) is 0.777. The molecule has 1 amide bonds. The number of H-pyrrole nitrogens is 1. The van der Waals surface area contributed by atoms with E-state index >= 15 is 0 Å². The molecule has 0 aromatic carbocycles. The predicted octanol–water partition coefficient (Wildman–Crippen LogP) is 0.508. The van der Waals surface area contributed by atoms with Gasteiger partial charge in [-0.3, -0.25) is 14.3 Å². The van der Waals surface area contributed by atoms with E-state index in [9.17, 15) is 14.4 Å². The average molecular weight is 267 g/mol. The van der Waals surface area contributed by atoms with Crippen LogP contribution in [0.2, 0.25) is 0 Å². The number of alkyl carbamates (subject to hydrolysis) is 1. The molecule has 2 rings (SSSR count). The van der Waals surface area contributed by atoms with Gasteiger partial charge in [-0.2, -0.15) is 0 Å². The number of hydrogen-bond donors (Lipinski definition) is 2. The number of ether oxygens (including phenoxy) is 1. The van der Waals surface area contributed by atoms with Crippen LogP contribution < -0.4 is 16.6 Å². The van der Waals surface area contributed by atoms with E-state index < -0.39 is 17.3 Å². The van der Waals surface area contributed by atoms with E-state index in [0.717, 1.165) is 12.8 Å². The second-order valence-corrected chi connectivity index (χ2v) is 4.49. The van der Waals surface area contributed by atoms with Crippen LogP contribution >= 0.6 is 0 Å². The van der Waals surface area contributed by atoms with Gasteiger partial charge in [0.25, 0.3) is 5.56 Å². The van der Waals surface area contributed by atoms with E-state index in [-0.39, 0.29) is 6.04 Å². The van der Waals surface area contributed by atoms with Gasteiger partial charge in [-0.05, 0) is 12.8 Å². The Bertz CT molecular complexity index is 575. The molecule has 0 spiro atoms. The van der Waals surface area contributed by atoms with Crippen molar-refractivity contribution in [1.82, 2.24) is 14.9 Å². The number of carbonyl (C=O) groups is 1. The normalized spacial score (nSPS) is 17.0. The van der Waals surface area contributed by atoms with E-state index in [4.69, 9.17) is 4.74 Å². The number of hydrogen-bond acceptors (Lipinski definition) is 4. The van der Waals surface area contributed by atoms with Crippen molar-refractivity contribution >= 4 is 6.09 Å². The van der Waals surface area contributed by atoms with Crippen LogP contribution in [0.4, 0.5) is 4.79 Å². The Morgan fingerprint density at radius 2 is 2.37 bits per heavy atom. The summed E-state index contributed by atoms with van der Waals surface area (Å²) in [5, 5.41) is 2.67. The molecule has 1 aliphatic heterocycles. The van der Waals surface area contributed by atoms with Crippen molar-refractivity contribution in [3.05, 3.63) is 32.6 Å². The average Bonchev–Trinajstić information content (AvgIpc) is 2.73. The van der Waals surface area contributed by atoms with Crippen LogP contribution in [0.3, 0.4) is 0 Å². The summed E-state index contributed by atoms with van der Waals surface area (Å²) in [7, 11) is 0. The van der Waals surface area contributed by atoms with Gasteiger partial charge in [-0.15, -0.1) is 0 Å². The Hall–Kier alpha value is -2.05. The largest absolute Gasteiger partial charge is 0.450 e. The molecule has 2 heterocycles. The van der Waals surface area contributed by atoms with Gasteiger partial charge in [0.05, 0.1) is 18.3 Å². The Morgan fingerprint density at radius 3 is 3.11 bits per heavy atom. The molecule has 0 saturated carbocycles. The minimum atomic E-state index is -0.514. The minimum absolute atomic E-state index is 0.343. The number of nitrogens with one attached hydrogen (secondary N) is 2. The summed E-state index contributed by atoms with van der Waals surface area (Å²) in [4.78, 5) is 36.6. The fourth-order valence-electron chi connectivity index (χ4n) is 2.10. The van der Waals surface area contributed by atoms with Crippen molar-refractivity contribution in [3.63, 3.8) is 0 Å². The fraction of sp³-hybridized carbons (Fsp3) is 0.583. The summed E-state index contributed by atoms with van der Waals surface area (Å²) in [6.07, 6.45) is 1.83. The highest BCUT2D eigenvalue weighted by Crippen LogP contribution is 2.21. The van der Waals surface area contributed by atoms with Gasteiger partial charge in [0.1, 0.15) is 0 Å². The van der Waals surface area contributed by atoms with Gasteiger partial charge in [0, 0.05) is 12.6 Å². The van der Waals surface area contributed by atoms with Crippen molar-refractivity contribution in [2.75, 3.05) is 6.61 Å².